The maximum absolute atomic E-state index is 11.4. The van der Waals surface area contributed by atoms with Crippen molar-refractivity contribution in [3.05, 3.63) is 24.3 Å². The van der Waals surface area contributed by atoms with Crippen LogP contribution in [0.15, 0.2) is 24.3 Å². The molecule has 0 saturated heterocycles. The average Bonchev–Trinajstić information content (AvgIpc) is 3.01. The summed E-state index contributed by atoms with van der Waals surface area (Å²) in [7, 11) is 0. The van der Waals surface area contributed by atoms with E-state index in [9.17, 15) is 15.0 Å². The van der Waals surface area contributed by atoms with Gasteiger partial charge in [0.25, 0.3) is 0 Å². The summed E-state index contributed by atoms with van der Waals surface area (Å²) in [6, 6.07) is 0. The second-order valence-corrected chi connectivity index (χ2v) is 7.60. The summed E-state index contributed by atoms with van der Waals surface area (Å²) >= 11 is 0. The number of aliphatic hydroxyl groups is 3. The van der Waals surface area contributed by atoms with E-state index in [0.717, 1.165) is 57.8 Å². The molecule has 4 N–H and O–H groups in total. The summed E-state index contributed by atoms with van der Waals surface area (Å²) in [6.07, 6.45) is 16.5. The van der Waals surface area contributed by atoms with Crippen LogP contribution in [0.3, 0.4) is 0 Å². The Labute approximate surface area is 164 Å². The second kappa shape index (κ2) is 14.8. The molecule has 156 valence electrons. The smallest absolute Gasteiger partial charge is 0.220 e. The lowest BCUT2D eigenvalue weighted by atomic mass is 9.90. The highest BCUT2D eigenvalue weighted by Crippen LogP contribution is 2.36. The lowest BCUT2D eigenvalue weighted by Gasteiger charge is -2.18. The number of nitrogens with one attached hydrogen (secondary N) is 1. The number of hydrogen-bond donors (Lipinski definition) is 4. The molecular formula is C22H39NO4. The van der Waals surface area contributed by atoms with Crippen molar-refractivity contribution >= 4 is 5.91 Å². The third-order valence-electron chi connectivity index (χ3n) is 5.29. The first-order valence-corrected chi connectivity index (χ1v) is 10.7. The number of rotatable bonds is 14. The molecule has 0 aliphatic heterocycles. The summed E-state index contributed by atoms with van der Waals surface area (Å²) in [5.41, 5.74) is 0. The monoisotopic (exact) mass is 381 g/mol. The maximum Gasteiger partial charge on any atom is 0.220 e. The fourth-order valence-corrected chi connectivity index (χ4v) is 3.65. The predicted molar refractivity (Wildman–Crippen MR) is 109 cm³/mol. The van der Waals surface area contributed by atoms with E-state index in [4.69, 9.17) is 5.11 Å². The molecule has 5 nitrogen and oxygen atoms in total. The minimum Gasteiger partial charge on any atom is -0.395 e. The van der Waals surface area contributed by atoms with Gasteiger partial charge in [-0.15, -0.1) is 0 Å². The molecule has 0 bridgehead atoms. The van der Waals surface area contributed by atoms with Crippen LogP contribution >= 0.6 is 0 Å². The summed E-state index contributed by atoms with van der Waals surface area (Å²) in [5.74, 6) is 0.530. The lowest BCUT2D eigenvalue weighted by Crippen LogP contribution is -2.25. The van der Waals surface area contributed by atoms with Gasteiger partial charge in [-0.25, -0.2) is 0 Å². The van der Waals surface area contributed by atoms with E-state index in [1.807, 2.05) is 12.2 Å². The van der Waals surface area contributed by atoms with Crippen molar-refractivity contribution in [2.75, 3.05) is 13.2 Å². The van der Waals surface area contributed by atoms with Gasteiger partial charge in [-0.3, -0.25) is 4.79 Å². The molecule has 0 radical (unpaired) electrons. The van der Waals surface area contributed by atoms with E-state index >= 15 is 0 Å². The van der Waals surface area contributed by atoms with Gasteiger partial charge >= 0.3 is 0 Å². The highest BCUT2D eigenvalue weighted by Gasteiger charge is 2.32. The van der Waals surface area contributed by atoms with Gasteiger partial charge < -0.3 is 20.6 Å². The van der Waals surface area contributed by atoms with Crippen molar-refractivity contribution in [2.45, 2.75) is 83.3 Å². The van der Waals surface area contributed by atoms with Crippen LogP contribution in [-0.2, 0) is 4.79 Å². The normalized spacial score (nSPS) is 24.1. The first-order chi connectivity index (χ1) is 13.1. The Morgan fingerprint density at radius 1 is 1.22 bits per heavy atom. The minimum atomic E-state index is -0.405. The number of carbonyl (C=O) groups excluding carboxylic acids is 1. The van der Waals surface area contributed by atoms with Gasteiger partial charge in [0.15, 0.2) is 0 Å². The molecule has 1 rings (SSSR count). The highest BCUT2D eigenvalue weighted by atomic mass is 16.3. The average molecular weight is 382 g/mol. The predicted octanol–water partition coefficient (Wildman–Crippen LogP) is 3.10. The maximum atomic E-state index is 11.4. The standard InChI is InChI=1S/C22H39NO4/c1-2-3-6-10-19(25)13-14-20-18(12-15-21(20)26)9-7-4-5-8-11-22(27)23-16-17-24/h4,7,13-14,18-21,24-26H,2-3,5-6,8-12,15-17H2,1H3,(H,23,27)/b7-4-,14-13+/t18-,19-,20+,21+/m0/s1. The zero-order chi connectivity index (χ0) is 19.9. The van der Waals surface area contributed by atoms with E-state index in [-0.39, 0.29) is 24.5 Å². The van der Waals surface area contributed by atoms with Gasteiger partial charge in [0, 0.05) is 18.9 Å². The second-order valence-electron chi connectivity index (χ2n) is 7.60. The van der Waals surface area contributed by atoms with Crippen LogP contribution in [0.2, 0.25) is 0 Å². The molecule has 0 aromatic carbocycles. The molecule has 0 unspecified atom stereocenters. The van der Waals surface area contributed by atoms with Crippen molar-refractivity contribution < 1.29 is 20.1 Å². The Morgan fingerprint density at radius 2 is 2.04 bits per heavy atom. The Kier molecular flexibility index (Phi) is 13.1. The molecule has 4 atom stereocenters. The molecule has 1 saturated carbocycles. The third kappa shape index (κ3) is 10.7. The van der Waals surface area contributed by atoms with Crippen LogP contribution in [-0.4, -0.2) is 46.6 Å². The highest BCUT2D eigenvalue weighted by molar-refractivity contribution is 5.75. The molecule has 0 heterocycles. The summed E-state index contributed by atoms with van der Waals surface area (Å²) in [6.45, 7) is 2.45. The van der Waals surface area contributed by atoms with E-state index in [0.29, 0.717) is 18.9 Å². The van der Waals surface area contributed by atoms with Gasteiger partial charge in [0.05, 0.1) is 18.8 Å². The molecule has 1 fully saturated rings. The summed E-state index contributed by atoms with van der Waals surface area (Å²) in [4.78, 5) is 11.4. The van der Waals surface area contributed by atoms with Crippen LogP contribution in [0.4, 0.5) is 0 Å². The number of allylic oxidation sites excluding steroid dienone is 2. The summed E-state index contributed by atoms with van der Waals surface area (Å²) in [5, 5.41) is 31.6. The van der Waals surface area contributed by atoms with Crippen LogP contribution < -0.4 is 5.32 Å². The SMILES string of the molecule is CCCCC[C@H](O)/C=C/[C@@H]1[C@@H](C/C=C\CCCC(=O)NCCO)CC[C@H]1O. The molecule has 0 aromatic heterocycles. The fraction of sp³-hybridized carbons (Fsp3) is 0.773. The molecule has 1 aliphatic rings. The van der Waals surface area contributed by atoms with Gasteiger partial charge in [-0.05, 0) is 44.4 Å². The first-order valence-electron chi connectivity index (χ1n) is 10.7. The Hall–Kier alpha value is -1.17. The Morgan fingerprint density at radius 3 is 2.78 bits per heavy atom. The van der Waals surface area contributed by atoms with E-state index in [1.54, 1.807) is 0 Å². The van der Waals surface area contributed by atoms with Crippen molar-refractivity contribution in [3.63, 3.8) is 0 Å². The van der Waals surface area contributed by atoms with Gasteiger partial charge in [0.1, 0.15) is 0 Å². The fourth-order valence-electron chi connectivity index (χ4n) is 3.65. The number of carbonyl (C=O) groups is 1. The lowest BCUT2D eigenvalue weighted by molar-refractivity contribution is -0.121. The molecule has 27 heavy (non-hydrogen) atoms. The van der Waals surface area contributed by atoms with Crippen molar-refractivity contribution in [2.24, 2.45) is 11.8 Å². The Bertz CT molecular complexity index is 450. The number of aliphatic hydroxyl groups excluding tert-OH is 3. The largest absolute Gasteiger partial charge is 0.395 e. The van der Waals surface area contributed by atoms with Crippen molar-refractivity contribution in [3.8, 4) is 0 Å². The number of unbranched alkanes of at least 4 members (excludes halogenated alkanes) is 3. The first kappa shape index (κ1) is 23.9. The third-order valence-corrected chi connectivity index (χ3v) is 5.29. The number of hydrogen-bond acceptors (Lipinski definition) is 4. The molecule has 0 spiro atoms. The zero-order valence-corrected chi connectivity index (χ0v) is 16.9. The van der Waals surface area contributed by atoms with Crippen LogP contribution in [0.25, 0.3) is 0 Å². The molecule has 5 heteroatoms. The van der Waals surface area contributed by atoms with Gasteiger partial charge in [-0.1, -0.05) is 50.5 Å². The van der Waals surface area contributed by atoms with Gasteiger partial charge in [0.2, 0.25) is 5.91 Å². The number of amides is 1. The van der Waals surface area contributed by atoms with Gasteiger partial charge in [-0.2, -0.15) is 0 Å². The van der Waals surface area contributed by atoms with Crippen LogP contribution in [0.1, 0.15) is 71.1 Å². The van der Waals surface area contributed by atoms with Crippen molar-refractivity contribution in [1.29, 1.82) is 0 Å². The quantitative estimate of drug-likeness (QED) is 0.275. The molecule has 1 amide bonds. The molecule has 1 aliphatic carbocycles. The minimum absolute atomic E-state index is 0.0148. The summed E-state index contributed by atoms with van der Waals surface area (Å²) < 4.78 is 0. The van der Waals surface area contributed by atoms with E-state index in [1.165, 1.54) is 0 Å². The van der Waals surface area contributed by atoms with Crippen molar-refractivity contribution in [1.82, 2.24) is 5.32 Å². The van der Waals surface area contributed by atoms with E-state index < -0.39 is 6.10 Å². The zero-order valence-electron chi connectivity index (χ0n) is 16.9. The topological polar surface area (TPSA) is 89.8 Å². The van der Waals surface area contributed by atoms with Crippen LogP contribution in [0.5, 0.6) is 0 Å². The molecule has 0 aromatic rings. The van der Waals surface area contributed by atoms with Crippen LogP contribution in [0, 0.1) is 11.8 Å². The Balaban J connectivity index is 2.29. The molecular weight excluding hydrogens is 342 g/mol. The van der Waals surface area contributed by atoms with E-state index in [2.05, 4.69) is 24.4 Å².